The first-order chi connectivity index (χ1) is 12.1. The number of fused-ring (bicyclic) bond motifs is 1. The predicted molar refractivity (Wildman–Crippen MR) is 93.2 cm³/mol. The van der Waals surface area contributed by atoms with Crippen LogP contribution in [0, 0.1) is 18.7 Å². The molecule has 1 amide bonds. The maximum atomic E-state index is 14.0. The number of aryl methyl sites for hydroxylation is 1. The smallest absolute Gasteiger partial charge is 0.257 e. The third kappa shape index (κ3) is 3.10. The minimum absolute atomic E-state index is 0.123. The molecule has 0 N–H and O–H groups in total. The Hall–Kier alpha value is -2.09. The van der Waals surface area contributed by atoms with Crippen molar-refractivity contribution < 1.29 is 9.18 Å². The Kier molecular flexibility index (Phi) is 4.37. The van der Waals surface area contributed by atoms with E-state index in [9.17, 15) is 9.18 Å². The first-order valence-electron chi connectivity index (χ1n) is 8.59. The van der Waals surface area contributed by atoms with Gasteiger partial charge in [-0.15, -0.1) is 0 Å². The van der Waals surface area contributed by atoms with E-state index in [0.29, 0.717) is 12.5 Å². The molecule has 2 aliphatic heterocycles. The van der Waals surface area contributed by atoms with Gasteiger partial charge in [0, 0.05) is 43.4 Å². The molecule has 0 bridgehead atoms. The van der Waals surface area contributed by atoms with Crippen molar-refractivity contribution in [3.63, 3.8) is 0 Å². The molecule has 25 heavy (non-hydrogen) atoms. The standard InChI is InChI=1S/C17H20FN5OS/c1-11-20-17(25-21-11)22-8-5-15-12(10-22)3-2-7-23(15)16(24)13-4-6-19-9-14(13)18/h4,6,9,12,15H,2-3,5,7-8,10H2,1H3. The molecule has 2 fully saturated rings. The minimum atomic E-state index is -0.545. The van der Waals surface area contributed by atoms with Crippen molar-refractivity contribution in [2.75, 3.05) is 24.5 Å². The van der Waals surface area contributed by atoms with Gasteiger partial charge in [-0.05, 0) is 38.2 Å². The van der Waals surface area contributed by atoms with Crippen LogP contribution in [0.1, 0.15) is 35.4 Å². The fourth-order valence-electron chi connectivity index (χ4n) is 3.95. The van der Waals surface area contributed by atoms with Crippen LogP contribution in [-0.2, 0) is 0 Å². The number of halogens is 1. The molecule has 132 valence electrons. The second-order valence-corrected chi connectivity index (χ2v) is 7.41. The summed E-state index contributed by atoms with van der Waals surface area (Å²) >= 11 is 1.43. The Morgan fingerprint density at radius 2 is 2.24 bits per heavy atom. The van der Waals surface area contributed by atoms with Crippen molar-refractivity contribution in [3.05, 3.63) is 35.7 Å². The molecule has 2 aromatic rings. The van der Waals surface area contributed by atoms with Crippen molar-refractivity contribution in [3.8, 4) is 0 Å². The van der Waals surface area contributed by atoms with E-state index in [1.807, 2.05) is 11.8 Å². The molecule has 2 unspecified atom stereocenters. The van der Waals surface area contributed by atoms with Crippen molar-refractivity contribution >= 4 is 22.6 Å². The van der Waals surface area contributed by atoms with E-state index in [-0.39, 0.29) is 17.5 Å². The summed E-state index contributed by atoms with van der Waals surface area (Å²) in [6.07, 6.45) is 5.49. The Morgan fingerprint density at radius 3 is 3.00 bits per heavy atom. The number of aromatic nitrogens is 3. The Morgan fingerprint density at radius 1 is 1.36 bits per heavy atom. The number of hydrogen-bond donors (Lipinski definition) is 0. The van der Waals surface area contributed by atoms with E-state index in [1.54, 1.807) is 0 Å². The van der Waals surface area contributed by atoms with Crippen molar-refractivity contribution in [2.24, 2.45) is 5.92 Å². The molecule has 0 radical (unpaired) electrons. The number of carbonyl (C=O) groups is 1. The first-order valence-corrected chi connectivity index (χ1v) is 9.36. The summed E-state index contributed by atoms with van der Waals surface area (Å²) in [5.74, 6) is 0.433. The summed E-state index contributed by atoms with van der Waals surface area (Å²) in [7, 11) is 0. The summed E-state index contributed by atoms with van der Waals surface area (Å²) in [5, 5.41) is 0.958. The van der Waals surface area contributed by atoms with Gasteiger partial charge in [0.05, 0.1) is 11.8 Å². The molecule has 4 heterocycles. The number of likely N-dealkylation sites (tertiary alicyclic amines) is 1. The van der Waals surface area contributed by atoms with Crippen LogP contribution in [0.15, 0.2) is 18.5 Å². The highest BCUT2D eigenvalue weighted by atomic mass is 32.1. The van der Waals surface area contributed by atoms with Gasteiger partial charge >= 0.3 is 0 Å². The van der Waals surface area contributed by atoms with Gasteiger partial charge in [0.1, 0.15) is 5.82 Å². The van der Waals surface area contributed by atoms with Gasteiger partial charge in [0.15, 0.2) is 5.82 Å². The molecule has 0 aliphatic carbocycles. The number of pyridine rings is 1. The number of hydrogen-bond acceptors (Lipinski definition) is 6. The van der Waals surface area contributed by atoms with Gasteiger partial charge in [-0.25, -0.2) is 9.37 Å². The first kappa shape index (κ1) is 16.4. The van der Waals surface area contributed by atoms with E-state index < -0.39 is 5.82 Å². The lowest BCUT2D eigenvalue weighted by Gasteiger charge is -2.47. The molecule has 2 atom stereocenters. The molecule has 8 heteroatoms. The van der Waals surface area contributed by atoms with Crippen LogP contribution in [0.25, 0.3) is 0 Å². The highest BCUT2D eigenvalue weighted by molar-refractivity contribution is 7.09. The van der Waals surface area contributed by atoms with Crippen molar-refractivity contribution in [1.29, 1.82) is 0 Å². The van der Waals surface area contributed by atoms with Crippen LogP contribution in [0.2, 0.25) is 0 Å². The van der Waals surface area contributed by atoms with Gasteiger partial charge in [-0.3, -0.25) is 9.78 Å². The molecule has 2 saturated heterocycles. The van der Waals surface area contributed by atoms with E-state index in [0.717, 1.165) is 49.5 Å². The van der Waals surface area contributed by atoms with E-state index in [1.165, 1.54) is 23.8 Å². The second kappa shape index (κ2) is 6.67. The third-order valence-electron chi connectivity index (χ3n) is 5.12. The lowest BCUT2D eigenvalue weighted by Crippen LogP contribution is -2.56. The topological polar surface area (TPSA) is 62.2 Å². The molecule has 0 aromatic carbocycles. The van der Waals surface area contributed by atoms with Crippen molar-refractivity contribution in [2.45, 2.75) is 32.2 Å². The van der Waals surface area contributed by atoms with Crippen LogP contribution in [0.4, 0.5) is 9.52 Å². The van der Waals surface area contributed by atoms with Crippen molar-refractivity contribution in [1.82, 2.24) is 19.2 Å². The Bertz CT molecular complexity index is 782. The van der Waals surface area contributed by atoms with Crippen LogP contribution in [0.3, 0.4) is 0 Å². The monoisotopic (exact) mass is 361 g/mol. The van der Waals surface area contributed by atoms with E-state index in [4.69, 9.17) is 0 Å². The SMILES string of the molecule is Cc1nsc(N2CCC3C(CCCN3C(=O)c3ccncc3F)C2)n1. The minimum Gasteiger partial charge on any atom is -0.346 e. The fraction of sp³-hybridized carbons (Fsp3) is 0.529. The summed E-state index contributed by atoms with van der Waals surface area (Å²) in [4.78, 5) is 25.2. The molecular weight excluding hydrogens is 341 g/mol. The molecule has 0 spiro atoms. The predicted octanol–water partition coefficient (Wildman–Crippen LogP) is 2.51. The second-order valence-electron chi connectivity index (χ2n) is 6.68. The molecule has 2 aromatic heterocycles. The fourth-order valence-corrected chi connectivity index (χ4v) is 4.66. The maximum Gasteiger partial charge on any atom is 0.257 e. The van der Waals surface area contributed by atoms with Gasteiger partial charge in [-0.2, -0.15) is 4.37 Å². The number of rotatable bonds is 2. The summed E-state index contributed by atoms with van der Waals surface area (Å²) in [5.41, 5.74) is 0.123. The summed E-state index contributed by atoms with van der Waals surface area (Å²) in [6, 6.07) is 1.64. The normalized spacial score (nSPS) is 23.4. The highest BCUT2D eigenvalue weighted by Gasteiger charge is 2.39. The van der Waals surface area contributed by atoms with Crippen LogP contribution < -0.4 is 4.90 Å². The maximum absolute atomic E-state index is 14.0. The Balaban J connectivity index is 1.52. The van der Waals surface area contributed by atoms with Gasteiger partial charge in [-0.1, -0.05) is 0 Å². The Labute approximate surface area is 149 Å². The van der Waals surface area contributed by atoms with E-state index in [2.05, 4.69) is 19.2 Å². The molecular formula is C17H20FN5OS. The van der Waals surface area contributed by atoms with Crippen LogP contribution in [-0.4, -0.2) is 50.8 Å². The lowest BCUT2D eigenvalue weighted by molar-refractivity contribution is 0.0444. The zero-order valence-electron chi connectivity index (χ0n) is 14.1. The number of amides is 1. The van der Waals surface area contributed by atoms with Crippen LogP contribution >= 0.6 is 11.5 Å². The van der Waals surface area contributed by atoms with Crippen LogP contribution in [0.5, 0.6) is 0 Å². The van der Waals surface area contributed by atoms with Gasteiger partial charge in [0.2, 0.25) is 5.13 Å². The summed E-state index contributed by atoms with van der Waals surface area (Å²) in [6.45, 7) is 4.32. The third-order valence-corrected chi connectivity index (χ3v) is 5.99. The molecule has 2 aliphatic rings. The number of anilines is 1. The highest BCUT2D eigenvalue weighted by Crippen LogP contribution is 2.34. The summed E-state index contributed by atoms with van der Waals surface area (Å²) < 4.78 is 18.2. The zero-order chi connectivity index (χ0) is 17.4. The van der Waals surface area contributed by atoms with E-state index >= 15 is 0 Å². The van der Waals surface area contributed by atoms with Gasteiger partial charge in [0.25, 0.3) is 5.91 Å². The zero-order valence-corrected chi connectivity index (χ0v) is 14.9. The lowest BCUT2D eigenvalue weighted by atomic mass is 9.83. The average Bonchev–Trinajstić information content (AvgIpc) is 3.07. The number of nitrogens with zero attached hydrogens (tertiary/aromatic N) is 5. The number of piperidine rings is 2. The molecule has 0 saturated carbocycles. The largest absolute Gasteiger partial charge is 0.346 e. The quantitative estimate of drug-likeness (QED) is 0.822. The molecule has 4 rings (SSSR count). The molecule has 6 nitrogen and oxygen atoms in total. The number of carbonyl (C=O) groups excluding carboxylic acids is 1. The van der Waals surface area contributed by atoms with Gasteiger partial charge < -0.3 is 9.80 Å². The average molecular weight is 361 g/mol.